The van der Waals surface area contributed by atoms with E-state index in [0.29, 0.717) is 0 Å². The molecule has 0 unspecified atom stereocenters. The lowest BCUT2D eigenvalue weighted by atomic mass is 9.51. The van der Waals surface area contributed by atoms with E-state index in [1.54, 1.807) is 11.1 Å². The molecule has 4 aliphatic carbocycles. The highest BCUT2D eigenvalue weighted by molar-refractivity contribution is 5.29. The lowest BCUT2D eigenvalue weighted by Gasteiger charge is -2.54. The van der Waals surface area contributed by atoms with Crippen LogP contribution in [-0.2, 0) is 9.47 Å². The molecular weight excluding hydrogens is 300 g/mol. The van der Waals surface area contributed by atoms with Crippen LogP contribution in [0.25, 0.3) is 0 Å². The number of ether oxygens (including phenoxy) is 2. The SMILES string of the molecule is C[C@H]1CC2=C(CCC3(C2)OCCO3)[C@H]2CC[C@]3(C)[C@@H](O)CC[C@H]3[C@@H]21. The molecule has 0 aromatic carbocycles. The largest absolute Gasteiger partial charge is 0.393 e. The van der Waals surface area contributed by atoms with Crippen molar-refractivity contribution in [1.82, 2.24) is 0 Å². The number of rotatable bonds is 0. The topological polar surface area (TPSA) is 38.7 Å². The summed E-state index contributed by atoms with van der Waals surface area (Å²) in [7, 11) is 0. The molecule has 0 radical (unpaired) electrons. The average molecular weight is 332 g/mol. The summed E-state index contributed by atoms with van der Waals surface area (Å²) in [5.74, 6) is 2.74. The minimum Gasteiger partial charge on any atom is -0.393 e. The zero-order valence-electron chi connectivity index (χ0n) is 15.2. The highest BCUT2D eigenvalue weighted by Gasteiger charge is 2.57. The van der Waals surface area contributed by atoms with Crippen molar-refractivity contribution < 1.29 is 14.6 Å². The first-order chi connectivity index (χ1) is 11.5. The van der Waals surface area contributed by atoms with Crippen LogP contribution in [0.1, 0.15) is 65.2 Å². The van der Waals surface area contributed by atoms with E-state index in [-0.39, 0.29) is 17.3 Å². The molecule has 6 atom stereocenters. The van der Waals surface area contributed by atoms with Crippen LogP contribution in [0.3, 0.4) is 0 Å². The van der Waals surface area contributed by atoms with E-state index in [1.807, 2.05) is 0 Å². The second-order valence-electron chi connectivity index (χ2n) is 9.52. The molecule has 24 heavy (non-hydrogen) atoms. The fraction of sp³-hybridized carbons (Fsp3) is 0.905. The maximum atomic E-state index is 10.6. The van der Waals surface area contributed by atoms with Gasteiger partial charge in [-0.3, -0.25) is 0 Å². The van der Waals surface area contributed by atoms with E-state index in [2.05, 4.69) is 13.8 Å². The summed E-state index contributed by atoms with van der Waals surface area (Å²) in [4.78, 5) is 0. The van der Waals surface area contributed by atoms with Crippen molar-refractivity contribution >= 4 is 0 Å². The minimum absolute atomic E-state index is 0.0686. The van der Waals surface area contributed by atoms with Crippen LogP contribution < -0.4 is 0 Å². The van der Waals surface area contributed by atoms with Crippen molar-refractivity contribution in [2.45, 2.75) is 77.1 Å². The van der Waals surface area contributed by atoms with Crippen LogP contribution in [0.4, 0.5) is 0 Å². The van der Waals surface area contributed by atoms with Crippen molar-refractivity contribution in [1.29, 1.82) is 0 Å². The first-order valence-corrected chi connectivity index (χ1v) is 10.2. The van der Waals surface area contributed by atoms with Crippen molar-refractivity contribution in [3.05, 3.63) is 11.1 Å². The molecule has 5 rings (SSSR count). The van der Waals surface area contributed by atoms with Gasteiger partial charge in [0.25, 0.3) is 0 Å². The zero-order chi connectivity index (χ0) is 16.5. The van der Waals surface area contributed by atoms with Gasteiger partial charge in [0.05, 0.1) is 19.3 Å². The van der Waals surface area contributed by atoms with Crippen LogP contribution in [0, 0.1) is 29.1 Å². The molecular formula is C21H32O3. The molecule has 0 aromatic rings. The molecule has 1 heterocycles. The van der Waals surface area contributed by atoms with Gasteiger partial charge in [0.2, 0.25) is 0 Å². The smallest absolute Gasteiger partial charge is 0.172 e. The highest BCUT2D eigenvalue weighted by Crippen LogP contribution is 2.63. The van der Waals surface area contributed by atoms with Gasteiger partial charge in [-0.1, -0.05) is 25.0 Å². The summed E-state index contributed by atoms with van der Waals surface area (Å²) >= 11 is 0. The summed E-state index contributed by atoms with van der Waals surface area (Å²) in [5, 5.41) is 10.6. The predicted molar refractivity (Wildman–Crippen MR) is 92.3 cm³/mol. The lowest BCUT2D eigenvalue weighted by Crippen LogP contribution is -2.49. The number of aliphatic hydroxyl groups excluding tert-OH is 1. The molecule has 0 amide bonds. The van der Waals surface area contributed by atoms with Gasteiger partial charge >= 0.3 is 0 Å². The third kappa shape index (κ3) is 2.07. The Bertz CT molecular complexity index is 561. The maximum Gasteiger partial charge on any atom is 0.172 e. The first-order valence-electron chi connectivity index (χ1n) is 10.2. The molecule has 3 heteroatoms. The van der Waals surface area contributed by atoms with Crippen molar-refractivity contribution in [3.63, 3.8) is 0 Å². The number of aliphatic hydroxyl groups is 1. The molecule has 0 bridgehead atoms. The fourth-order valence-corrected chi connectivity index (χ4v) is 7.32. The second kappa shape index (κ2) is 5.31. The van der Waals surface area contributed by atoms with Gasteiger partial charge in [0.15, 0.2) is 5.79 Å². The third-order valence-electron chi connectivity index (χ3n) is 8.48. The van der Waals surface area contributed by atoms with E-state index >= 15 is 0 Å². The van der Waals surface area contributed by atoms with Gasteiger partial charge in [-0.15, -0.1) is 0 Å². The van der Waals surface area contributed by atoms with Crippen molar-refractivity contribution in [3.8, 4) is 0 Å². The maximum absolute atomic E-state index is 10.6. The summed E-state index contributed by atoms with van der Waals surface area (Å²) in [6.45, 7) is 6.37. The molecule has 134 valence electrons. The minimum atomic E-state index is -0.280. The molecule has 3 nitrogen and oxygen atoms in total. The second-order valence-corrected chi connectivity index (χ2v) is 9.52. The molecule has 1 N–H and O–H groups in total. The van der Waals surface area contributed by atoms with E-state index in [1.165, 1.54) is 32.1 Å². The van der Waals surface area contributed by atoms with Gasteiger partial charge in [0.1, 0.15) is 0 Å². The number of hydrogen-bond acceptors (Lipinski definition) is 3. The summed E-state index contributed by atoms with van der Waals surface area (Å²) < 4.78 is 12.0. The summed E-state index contributed by atoms with van der Waals surface area (Å²) in [6, 6.07) is 0. The summed E-state index contributed by atoms with van der Waals surface area (Å²) in [6.07, 6.45) is 9.15. The molecule has 1 spiro atoms. The monoisotopic (exact) mass is 332 g/mol. The van der Waals surface area contributed by atoms with Crippen LogP contribution in [-0.4, -0.2) is 30.2 Å². The third-order valence-corrected chi connectivity index (χ3v) is 8.48. The Labute approximate surface area is 145 Å². The Hall–Kier alpha value is -0.380. The first kappa shape index (κ1) is 15.8. The summed E-state index contributed by atoms with van der Waals surface area (Å²) in [5.41, 5.74) is 3.62. The Balaban J connectivity index is 1.46. The van der Waals surface area contributed by atoms with Crippen LogP contribution >= 0.6 is 0 Å². The van der Waals surface area contributed by atoms with Crippen molar-refractivity contribution in [2.24, 2.45) is 29.1 Å². The molecule has 0 aromatic heterocycles. The standard InChI is InChI=1S/C21H32O3/c1-13-11-14-12-21(23-9-10-24-21)8-6-15(14)16-5-7-20(2)17(19(13)16)3-4-18(20)22/h13,16-19,22H,3-12H2,1-2H3/t13-,16+,17-,18-,19+,20-/m0/s1. The average Bonchev–Trinajstić information content (AvgIpc) is 3.12. The van der Waals surface area contributed by atoms with Gasteiger partial charge in [-0.2, -0.15) is 0 Å². The molecule has 1 aliphatic heterocycles. The van der Waals surface area contributed by atoms with E-state index in [4.69, 9.17) is 9.47 Å². The number of allylic oxidation sites excluding steroid dienone is 1. The Morgan fingerprint density at radius 1 is 1.08 bits per heavy atom. The number of hydrogen-bond donors (Lipinski definition) is 1. The fourth-order valence-electron chi connectivity index (χ4n) is 7.32. The Morgan fingerprint density at radius 3 is 2.67 bits per heavy atom. The molecule has 3 fully saturated rings. The van der Waals surface area contributed by atoms with Crippen LogP contribution in [0.15, 0.2) is 11.1 Å². The Morgan fingerprint density at radius 2 is 1.88 bits per heavy atom. The van der Waals surface area contributed by atoms with Gasteiger partial charge in [0, 0.05) is 12.8 Å². The van der Waals surface area contributed by atoms with E-state index in [0.717, 1.165) is 56.1 Å². The van der Waals surface area contributed by atoms with Gasteiger partial charge in [-0.05, 0) is 67.6 Å². The molecule has 1 saturated heterocycles. The predicted octanol–water partition coefficient (Wildman–Crippen LogP) is 4.05. The van der Waals surface area contributed by atoms with E-state index in [9.17, 15) is 5.11 Å². The molecule has 2 saturated carbocycles. The van der Waals surface area contributed by atoms with Gasteiger partial charge in [-0.25, -0.2) is 0 Å². The van der Waals surface area contributed by atoms with Crippen LogP contribution in [0.5, 0.6) is 0 Å². The normalized spacial score (nSPS) is 49.9. The Kier molecular flexibility index (Phi) is 3.51. The molecule has 5 aliphatic rings. The van der Waals surface area contributed by atoms with Gasteiger partial charge < -0.3 is 14.6 Å². The highest BCUT2D eigenvalue weighted by atomic mass is 16.7. The van der Waals surface area contributed by atoms with Crippen molar-refractivity contribution in [2.75, 3.05) is 13.2 Å². The zero-order valence-corrected chi connectivity index (χ0v) is 15.2. The number of fused-ring (bicyclic) bond motifs is 4. The van der Waals surface area contributed by atoms with E-state index < -0.39 is 0 Å². The van der Waals surface area contributed by atoms with Crippen LogP contribution in [0.2, 0.25) is 0 Å². The lowest BCUT2D eigenvalue weighted by molar-refractivity contribution is -0.166. The quantitative estimate of drug-likeness (QED) is 0.680.